The second kappa shape index (κ2) is 6.60. The molecule has 0 aromatic heterocycles. The second-order valence-corrected chi connectivity index (χ2v) is 6.51. The maximum Gasteiger partial charge on any atom is 0.353 e. The molecule has 2 aliphatic rings. The number of rotatable bonds is 6. The van der Waals surface area contributed by atoms with Crippen LogP contribution in [-0.4, -0.2) is 39.6 Å². The molecule has 120 valence electrons. The summed E-state index contributed by atoms with van der Waals surface area (Å²) in [5.74, 6) is -1.52. The third-order valence-electron chi connectivity index (χ3n) is 4.16. The lowest BCUT2D eigenvalue weighted by molar-refractivity contribution is -0.155. The molecule has 1 aromatic carbocycles. The molecule has 1 saturated heterocycles. The van der Waals surface area contributed by atoms with Gasteiger partial charge in [0.05, 0.1) is 12.0 Å². The fourth-order valence-corrected chi connectivity index (χ4v) is 4.03. The van der Waals surface area contributed by atoms with E-state index in [4.69, 9.17) is 5.11 Å². The van der Waals surface area contributed by atoms with Crippen molar-refractivity contribution in [2.75, 3.05) is 6.61 Å². The molecule has 1 aromatic rings. The third-order valence-corrected chi connectivity index (χ3v) is 5.08. The van der Waals surface area contributed by atoms with Gasteiger partial charge in [0.1, 0.15) is 5.70 Å². The standard InChI is InChI=1S/C17H17NO4S/c19-8-6-12-13-10-14(15(17(21)22)18(13)16(12)20)23-9-7-11-4-2-1-3-5-11/h1-5,7,9,12-13,19H,6,8,10H2,(H,21,22)/t12-,13+/m0/s1. The Kier molecular flexibility index (Phi) is 4.54. The number of aliphatic hydroxyl groups is 1. The molecule has 2 heterocycles. The van der Waals surface area contributed by atoms with E-state index in [1.54, 1.807) is 0 Å². The number of carbonyl (C=O) groups is 2. The van der Waals surface area contributed by atoms with Crippen LogP contribution >= 0.6 is 11.8 Å². The summed E-state index contributed by atoms with van der Waals surface area (Å²) in [6.07, 6.45) is 2.85. The fourth-order valence-electron chi connectivity index (χ4n) is 3.08. The quantitative estimate of drug-likeness (QED) is 0.782. The van der Waals surface area contributed by atoms with Gasteiger partial charge in [0, 0.05) is 17.9 Å². The highest BCUT2D eigenvalue weighted by Gasteiger charge is 2.54. The van der Waals surface area contributed by atoms with Crippen molar-refractivity contribution in [3.63, 3.8) is 0 Å². The zero-order valence-electron chi connectivity index (χ0n) is 12.4. The zero-order chi connectivity index (χ0) is 16.4. The van der Waals surface area contributed by atoms with Crippen LogP contribution in [0.15, 0.2) is 46.3 Å². The first-order valence-electron chi connectivity index (χ1n) is 7.42. The SMILES string of the molecule is O=C(O)C1=C(SC=Cc2ccccc2)C[C@@H]2[C@H](CCO)C(=O)N12. The minimum atomic E-state index is -1.07. The Bertz CT molecular complexity index is 683. The lowest BCUT2D eigenvalue weighted by Gasteiger charge is -2.43. The van der Waals surface area contributed by atoms with Crippen molar-refractivity contribution >= 4 is 29.7 Å². The summed E-state index contributed by atoms with van der Waals surface area (Å²) >= 11 is 1.35. The number of benzene rings is 1. The van der Waals surface area contributed by atoms with Gasteiger partial charge in [-0.3, -0.25) is 4.79 Å². The van der Waals surface area contributed by atoms with Crippen LogP contribution < -0.4 is 0 Å². The van der Waals surface area contributed by atoms with E-state index in [9.17, 15) is 14.7 Å². The molecule has 2 atom stereocenters. The smallest absolute Gasteiger partial charge is 0.353 e. The van der Waals surface area contributed by atoms with Gasteiger partial charge in [0.25, 0.3) is 0 Å². The lowest BCUT2D eigenvalue weighted by atomic mass is 9.85. The van der Waals surface area contributed by atoms with Gasteiger partial charge in [-0.2, -0.15) is 0 Å². The molecule has 2 N–H and O–H groups in total. The highest BCUT2D eigenvalue weighted by Crippen LogP contribution is 2.47. The molecular weight excluding hydrogens is 314 g/mol. The van der Waals surface area contributed by atoms with Crippen molar-refractivity contribution in [3.05, 3.63) is 51.9 Å². The zero-order valence-corrected chi connectivity index (χ0v) is 13.2. The van der Waals surface area contributed by atoms with Gasteiger partial charge in [0.2, 0.25) is 5.91 Å². The Hall–Kier alpha value is -2.05. The Morgan fingerprint density at radius 2 is 2.09 bits per heavy atom. The van der Waals surface area contributed by atoms with E-state index in [0.29, 0.717) is 17.7 Å². The number of carboxylic acids is 1. The van der Waals surface area contributed by atoms with Crippen molar-refractivity contribution in [3.8, 4) is 0 Å². The van der Waals surface area contributed by atoms with E-state index < -0.39 is 5.97 Å². The first kappa shape index (κ1) is 15.8. The summed E-state index contributed by atoms with van der Waals surface area (Å²) in [6.45, 7) is -0.0560. The van der Waals surface area contributed by atoms with E-state index >= 15 is 0 Å². The second-order valence-electron chi connectivity index (χ2n) is 5.51. The number of thioether (sulfide) groups is 1. The number of hydrogen-bond acceptors (Lipinski definition) is 4. The average molecular weight is 331 g/mol. The Balaban J connectivity index is 1.75. The number of amides is 1. The molecule has 0 radical (unpaired) electrons. The van der Waals surface area contributed by atoms with Crippen LogP contribution in [0.2, 0.25) is 0 Å². The number of aliphatic carboxylic acids is 1. The van der Waals surface area contributed by atoms with E-state index in [1.165, 1.54) is 16.7 Å². The average Bonchev–Trinajstić information content (AvgIpc) is 2.89. The highest BCUT2D eigenvalue weighted by molar-refractivity contribution is 8.06. The number of hydrogen-bond donors (Lipinski definition) is 2. The summed E-state index contributed by atoms with van der Waals surface area (Å²) < 4.78 is 0. The number of carboxylic acid groups (broad SMARTS) is 1. The normalized spacial score (nSPS) is 23.3. The van der Waals surface area contributed by atoms with Crippen molar-refractivity contribution in [1.82, 2.24) is 4.90 Å². The molecule has 23 heavy (non-hydrogen) atoms. The lowest BCUT2D eigenvalue weighted by Crippen LogP contribution is -2.58. The monoisotopic (exact) mass is 331 g/mol. The molecular formula is C17H17NO4S. The van der Waals surface area contributed by atoms with Crippen molar-refractivity contribution in [1.29, 1.82) is 0 Å². The van der Waals surface area contributed by atoms with Crippen LogP contribution in [0.4, 0.5) is 0 Å². The summed E-state index contributed by atoms with van der Waals surface area (Å²) in [5, 5.41) is 20.3. The van der Waals surface area contributed by atoms with Crippen LogP contribution in [0.25, 0.3) is 6.08 Å². The van der Waals surface area contributed by atoms with E-state index in [2.05, 4.69) is 0 Å². The number of fused-ring (bicyclic) bond motifs is 1. The third kappa shape index (κ3) is 2.92. The molecule has 0 bridgehead atoms. The van der Waals surface area contributed by atoms with E-state index in [0.717, 1.165) is 5.56 Å². The largest absolute Gasteiger partial charge is 0.477 e. The van der Waals surface area contributed by atoms with E-state index in [-0.39, 0.29) is 30.2 Å². The number of aliphatic hydroxyl groups excluding tert-OH is 1. The topological polar surface area (TPSA) is 77.8 Å². The summed E-state index contributed by atoms with van der Waals surface area (Å²) in [7, 11) is 0. The Labute approximate surface area is 138 Å². The molecule has 5 nitrogen and oxygen atoms in total. The van der Waals surface area contributed by atoms with Gasteiger partial charge >= 0.3 is 5.97 Å². The summed E-state index contributed by atoms with van der Waals surface area (Å²) in [6, 6.07) is 9.62. The van der Waals surface area contributed by atoms with Gasteiger partial charge in [-0.05, 0) is 23.5 Å². The Morgan fingerprint density at radius 3 is 2.74 bits per heavy atom. The maximum atomic E-state index is 12.1. The minimum Gasteiger partial charge on any atom is -0.477 e. The number of carbonyl (C=O) groups excluding carboxylic acids is 1. The molecule has 1 fully saturated rings. The molecule has 1 amide bonds. The van der Waals surface area contributed by atoms with Crippen molar-refractivity contribution in [2.45, 2.75) is 18.9 Å². The van der Waals surface area contributed by atoms with Gasteiger partial charge in [-0.15, -0.1) is 0 Å². The van der Waals surface area contributed by atoms with E-state index in [1.807, 2.05) is 41.8 Å². The van der Waals surface area contributed by atoms with Crippen LogP contribution in [0.5, 0.6) is 0 Å². The van der Waals surface area contributed by atoms with Gasteiger partial charge in [-0.1, -0.05) is 42.1 Å². The van der Waals surface area contributed by atoms with Gasteiger partial charge < -0.3 is 15.1 Å². The van der Waals surface area contributed by atoms with Crippen LogP contribution in [0.3, 0.4) is 0 Å². The molecule has 0 spiro atoms. The van der Waals surface area contributed by atoms with Gasteiger partial charge in [-0.25, -0.2) is 4.79 Å². The number of nitrogens with zero attached hydrogens (tertiary/aromatic N) is 1. The molecule has 2 aliphatic heterocycles. The Morgan fingerprint density at radius 1 is 1.35 bits per heavy atom. The minimum absolute atomic E-state index is 0.0560. The molecule has 3 rings (SSSR count). The molecule has 0 saturated carbocycles. The summed E-state index contributed by atoms with van der Waals surface area (Å²) in [4.78, 5) is 25.7. The van der Waals surface area contributed by atoms with Crippen molar-refractivity contribution < 1.29 is 19.8 Å². The van der Waals surface area contributed by atoms with Gasteiger partial charge in [0.15, 0.2) is 0 Å². The molecule has 0 unspecified atom stereocenters. The molecule has 6 heteroatoms. The van der Waals surface area contributed by atoms with Crippen LogP contribution in [0.1, 0.15) is 18.4 Å². The van der Waals surface area contributed by atoms with Crippen LogP contribution in [-0.2, 0) is 9.59 Å². The predicted molar refractivity (Wildman–Crippen MR) is 88.2 cm³/mol. The van der Waals surface area contributed by atoms with Crippen LogP contribution in [0, 0.1) is 5.92 Å². The first-order valence-corrected chi connectivity index (χ1v) is 8.30. The maximum absolute atomic E-state index is 12.1. The predicted octanol–water partition coefficient (Wildman–Crippen LogP) is 2.30. The fraction of sp³-hybridized carbons (Fsp3) is 0.294. The summed E-state index contributed by atoms with van der Waals surface area (Å²) in [5.41, 5.74) is 1.13. The van der Waals surface area contributed by atoms with Crippen molar-refractivity contribution in [2.24, 2.45) is 5.92 Å². The highest BCUT2D eigenvalue weighted by atomic mass is 32.2. The first-order chi connectivity index (χ1) is 11.1. The molecule has 0 aliphatic carbocycles. The number of β-lactam (4-membered cyclic amide) rings is 1.